The zero-order chi connectivity index (χ0) is 32.2. The molecule has 8 bridgehead atoms. The molecule has 4 aromatic carbocycles. The topological polar surface area (TPSA) is 97.8 Å². The number of nitrogens with zero attached hydrogens (tertiary/aromatic N) is 2. The molecule has 2 aliphatic heterocycles. The third-order valence-corrected chi connectivity index (χ3v) is 8.95. The number of fused-ring (bicyclic) bond motifs is 9. The van der Waals surface area contributed by atoms with Gasteiger partial charge in [-0.15, -0.1) is 0 Å². The third-order valence-electron chi connectivity index (χ3n) is 8.95. The Morgan fingerprint density at radius 3 is 1.90 bits per heavy atom. The third kappa shape index (κ3) is 4.66. The number of rotatable bonds is 3. The summed E-state index contributed by atoms with van der Waals surface area (Å²) < 4.78 is 0. The lowest BCUT2D eigenvalue weighted by molar-refractivity contribution is 0.475. The molecule has 5 heterocycles. The minimum Gasteiger partial charge on any atom is -0.508 e. The summed E-state index contributed by atoms with van der Waals surface area (Å²) in [5.74, 6) is 0.360. The van der Waals surface area contributed by atoms with E-state index in [-0.39, 0.29) is 11.5 Å². The minimum absolute atomic E-state index is 0.167. The van der Waals surface area contributed by atoms with Gasteiger partial charge in [-0.1, -0.05) is 72.8 Å². The van der Waals surface area contributed by atoms with Crippen molar-refractivity contribution in [1.29, 1.82) is 0 Å². The smallest absolute Gasteiger partial charge is 0.124 e. The number of aromatic hydroxyl groups is 2. The second-order valence-electron chi connectivity index (χ2n) is 11.9. The Labute approximate surface area is 275 Å². The maximum atomic E-state index is 11.5. The Morgan fingerprint density at radius 1 is 0.458 bits per heavy atom. The molecule has 6 nitrogen and oxygen atoms in total. The number of hydrogen-bond acceptors (Lipinski definition) is 4. The van der Waals surface area contributed by atoms with E-state index in [0.29, 0.717) is 5.56 Å². The molecule has 0 unspecified atom stereocenters. The normalized spacial score (nSPS) is 12.2. The summed E-state index contributed by atoms with van der Waals surface area (Å²) in [5, 5.41) is 23.6. The van der Waals surface area contributed by atoms with Crippen LogP contribution in [0.1, 0.15) is 22.8 Å². The predicted molar refractivity (Wildman–Crippen MR) is 196 cm³/mol. The number of phenolic OH excluding ortho intramolecular Hbond substituents is 2. The van der Waals surface area contributed by atoms with Gasteiger partial charge >= 0.3 is 0 Å². The molecular formula is C42H28N4O2. The van der Waals surface area contributed by atoms with Gasteiger partial charge in [0.05, 0.1) is 22.8 Å². The van der Waals surface area contributed by atoms with Gasteiger partial charge in [0.2, 0.25) is 0 Å². The zero-order valence-electron chi connectivity index (χ0n) is 25.6. The molecular weight excluding hydrogens is 592 g/mol. The first-order valence-electron chi connectivity index (χ1n) is 15.8. The van der Waals surface area contributed by atoms with Crippen molar-refractivity contribution in [3.05, 3.63) is 144 Å². The summed E-state index contributed by atoms with van der Waals surface area (Å²) in [6, 6.07) is 39.4. The van der Waals surface area contributed by atoms with Crippen molar-refractivity contribution >= 4 is 57.1 Å². The lowest BCUT2D eigenvalue weighted by atomic mass is 9.96. The zero-order valence-corrected chi connectivity index (χ0v) is 25.6. The van der Waals surface area contributed by atoms with Gasteiger partial charge in [0.1, 0.15) is 11.5 Å². The Balaban J connectivity index is 1.48. The number of nitrogens with one attached hydrogen (secondary N) is 2. The summed E-state index contributed by atoms with van der Waals surface area (Å²) in [7, 11) is 0. The average Bonchev–Trinajstić information content (AvgIpc) is 3.94. The van der Waals surface area contributed by atoms with Gasteiger partial charge in [-0.05, 0) is 94.7 Å². The van der Waals surface area contributed by atoms with Crippen LogP contribution in [0.25, 0.3) is 90.5 Å². The molecule has 0 aliphatic carbocycles. The summed E-state index contributed by atoms with van der Waals surface area (Å²) in [6.07, 6.45) is 8.10. The van der Waals surface area contributed by atoms with E-state index >= 15 is 0 Å². The second-order valence-corrected chi connectivity index (χ2v) is 11.9. The molecule has 9 rings (SSSR count). The highest BCUT2D eigenvalue weighted by Gasteiger charge is 2.20. The van der Waals surface area contributed by atoms with Gasteiger partial charge in [-0.2, -0.15) is 0 Å². The second kappa shape index (κ2) is 11.0. The Bertz CT molecular complexity index is 2630. The molecule has 0 saturated carbocycles. The molecule has 0 radical (unpaired) electrons. The first-order valence-corrected chi connectivity index (χ1v) is 15.8. The summed E-state index contributed by atoms with van der Waals surface area (Å²) >= 11 is 0. The van der Waals surface area contributed by atoms with Crippen LogP contribution in [0.15, 0.2) is 121 Å². The highest BCUT2D eigenvalue weighted by molar-refractivity contribution is 6.07. The van der Waals surface area contributed by atoms with Crippen LogP contribution in [0, 0.1) is 0 Å². The number of H-pyrrole nitrogens is 2. The highest BCUT2D eigenvalue weighted by atomic mass is 16.3. The van der Waals surface area contributed by atoms with Crippen LogP contribution in [-0.2, 0) is 0 Å². The van der Waals surface area contributed by atoms with Crippen LogP contribution in [0.2, 0.25) is 0 Å². The molecule has 0 spiro atoms. The summed E-state index contributed by atoms with van der Waals surface area (Å²) in [5.41, 5.74) is 11.9. The molecule has 3 aromatic heterocycles. The fourth-order valence-electron chi connectivity index (χ4n) is 6.77. The van der Waals surface area contributed by atoms with Crippen molar-refractivity contribution in [1.82, 2.24) is 19.9 Å². The van der Waals surface area contributed by atoms with E-state index in [1.165, 1.54) is 0 Å². The molecule has 48 heavy (non-hydrogen) atoms. The van der Waals surface area contributed by atoms with E-state index in [0.717, 1.165) is 83.4 Å². The summed E-state index contributed by atoms with van der Waals surface area (Å²) in [6.45, 7) is 0. The molecule has 0 atom stereocenters. The molecule has 228 valence electrons. The van der Waals surface area contributed by atoms with Crippen LogP contribution < -0.4 is 0 Å². The van der Waals surface area contributed by atoms with Gasteiger partial charge in [-0.25, -0.2) is 9.97 Å². The molecule has 7 aromatic rings. The lowest BCUT2D eigenvalue weighted by Crippen LogP contribution is -1.90. The Kier molecular flexibility index (Phi) is 6.33. The fourth-order valence-corrected chi connectivity index (χ4v) is 6.77. The quantitative estimate of drug-likeness (QED) is 0.158. The van der Waals surface area contributed by atoms with Crippen LogP contribution >= 0.6 is 0 Å². The molecule has 0 fully saturated rings. The molecule has 0 amide bonds. The molecule has 2 aliphatic rings. The average molecular weight is 621 g/mol. The van der Waals surface area contributed by atoms with E-state index < -0.39 is 0 Å². The number of hydrogen-bond donors (Lipinski definition) is 4. The van der Waals surface area contributed by atoms with Gasteiger partial charge in [0, 0.05) is 44.3 Å². The minimum atomic E-state index is 0.167. The highest BCUT2D eigenvalue weighted by Crippen LogP contribution is 2.42. The van der Waals surface area contributed by atoms with E-state index in [1.54, 1.807) is 18.2 Å². The van der Waals surface area contributed by atoms with Crippen LogP contribution in [0.4, 0.5) is 0 Å². The number of benzene rings is 4. The first kappa shape index (κ1) is 27.6. The lowest BCUT2D eigenvalue weighted by Gasteiger charge is -2.11. The fraction of sp³-hybridized carbons (Fsp3) is 0. The maximum Gasteiger partial charge on any atom is 0.124 e. The van der Waals surface area contributed by atoms with E-state index in [2.05, 4.69) is 40.3 Å². The van der Waals surface area contributed by atoms with Crippen molar-refractivity contribution in [3.8, 4) is 44.9 Å². The van der Waals surface area contributed by atoms with Gasteiger partial charge in [0.25, 0.3) is 0 Å². The van der Waals surface area contributed by atoms with Gasteiger partial charge in [0.15, 0.2) is 0 Å². The van der Waals surface area contributed by atoms with Crippen LogP contribution in [-0.4, -0.2) is 30.1 Å². The Morgan fingerprint density at radius 2 is 1.08 bits per heavy atom. The largest absolute Gasteiger partial charge is 0.508 e. The maximum absolute atomic E-state index is 11.5. The summed E-state index contributed by atoms with van der Waals surface area (Å²) in [4.78, 5) is 17.6. The van der Waals surface area contributed by atoms with Crippen LogP contribution in [0.5, 0.6) is 11.5 Å². The van der Waals surface area contributed by atoms with Crippen molar-refractivity contribution in [2.24, 2.45) is 0 Å². The van der Waals surface area contributed by atoms with E-state index in [4.69, 9.17) is 9.97 Å². The van der Waals surface area contributed by atoms with Crippen molar-refractivity contribution in [2.75, 3.05) is 0 Å². The SMILES string of the molecule is Oc1ccc(-c2c3nc(cc4ccc([nH]4)c(-c4ccccc4)c4nc(c(-c5c(O)ccc6ccccc56)c5ccc2[nH]5)C=C4)C=C3)cc1. The van der Waals surface area contributed by atoms with Crippen molar-refractivity contribution in [3.63, 3.8) is 0 Å². The van der Waals surface area contributed by atoms with Crippen molar-refractivity contribution in [2.45, 2.75) is 0 Å². The van der Waals surface area contributed by atoms with Crippen molar-refractivity contribution < 1.29 is 10.2 Å². The van der Waals surface area contributed by atoms with Gasteiger partial charge in [-0.3, -0.25) is 0 Å². The predicted octanol–water partition coefficient (Wildman–Crippen LogP) is 10.2. The molecule has 6 heteroatoms. The van der Waals surface area contributed by atoms with E-state index in [9.17, 15) is 10.2 Å². The molecule has 4 N–H and O–H groups in total. The van der Waals surface area contributed by atoms with Crippen LogP contribution in [0.3, 0.4) is 0 Å². The first-order chi connectivity index (χ1) is 23.6. The van der Waals surface area contributed by atoms with Gasteiger partial charge < -0.3 is 20.2 Å². The van der Waals surface area contributed by atoms with E-state index in [1.807, 2.05) is 97.1 Å². The number of phenols is 2. The standard InChI is InChI=1S/C42H28N4O2/c47-30-15-10-27(11-16-30)40-33-18-14-29(44-33)24-28-13-17-32(43-28)39(26-7-2-1-3-8-26)34-19-21-36(45-34)42(37-22-20-35(40)46-37)41-31-9-5-4-6-25(31)12-23-38(41)48/h1-24,43,46-48H. The monoisotopic (exact) mass is 620 g/mol. The molecule has 0 saturated heterocycles. The Hall–Kier alpha value is -6.66. The number of aromatic nitrogens is 4. The number of aromatic amines is 2.